The van der Waals surface area contributed by atoms with Crippen LogP contribution in [-0.4, -0.2) is 71.9 Å². The Morgan fingerprint density at radius 2 is 1.85 bits per heavy atom. The van der Waals surface area contributed by atoms with Crippen molar-refractivity contribution in [3.63, 3.8) is 0 Å². The lowest BCUT2D eigenvalue weighted by molar-refractivity contribution is -0.145. The van der Waals surface area contributed by atoms with E-state index in [-0.39, 0.29) is 30.3 Å². The molecule has 1 amide bonds. The summed E-state index contributed by atoms with van der Waals surface area (Å²) in [5, 5.41) is 47.3. The maximum Gasteiger partial charge on any atom is 0.332 e. The predicted molar refractivity (Wildman–Crippen MR) is 148 cm³/mol. The van der Waals surface area contributed by atoms with Gasteiger partial charge in [-0.05, 0) is 47.1 Å². The molecule has 1 aromatic heterocycles. The number of carbonyl (C=O) groups is 2. The molecule has 1 aliphatic heterocycles. The summed E-state index contributed by atoms with van der Waals surface area (Å²) in [6.07, 6.45) is -1.41. The molecule has 4 rings (SSSR count). The van der Waals surface area contributed by atoms with Crippen molar-refractivity contribution in [2.45, 2.75) is 65.3 Å². The van der Waals surface area contributed by atoms with Gasteiger partial charge in [-0.2, -0.15) is 5.10 Å². The van der Waals surface area contributed by atoms with Crippen LogP contribution in [0.25, 0.3) is 11.4 Å². The fraction of sp³-hybridized carbons (Fsp3) is 0.429. The molecule has 0 saturated heterocycles. The van der Waals surface area contributed by atoms with E-state index in [0.717, 1.165) is 17.8 Å². The number of phenolic OH excluding ortho intramolecular Hbond substituents is 1. The van der Waals surface area contributed by atoms with Crippen LogP contribution in [0.1, 0.15) is 50.2 Å². The quantitative estimate of drug-likeness (QED) is 0.230. The van der Waals surface area contributed by atoms with Crippen molar-refractivity contribution in [3.8, 4) is 22.9 Å². The van der Waals surface area contributed by atoms with Gasteiger partial charge in [0.25, 0.3) is 5.91 Å². The summed E-state index contributed by atoms with van der Waals surface area (Å²) in [4.78, 5) is 25.6. The van der Waals surface area contributed by atoms with Gasteiger partial charge in [0.05, 0.1) is 11.8 Å². The number of carboxylic acids is 1. The smallest absolute Gasteiger partial charge is 0.332 e. The number of fused-ring (bicyclic) bond motifs is 1. The van der Waals surface area contributed by atoms with Crippen LogP contribution in [0.2, 0.25) is 0 Å². The molecule has 3 aromatic rings. The first-order valence-corrected chi connectivity index (χ1v) is 12.9. The van der Waals surface area contributed by atoms with E-state index in [1.807, 2.05) is 42.8 Å². The molecule has 2 atom stereocenters. The van der Waals surface area contributed by atoms with E-state index in [0.29, 0.717) is 29.4 Å². The molecule has 1 unspecified atom stereocenters. The predicted octanol–water partition coefficient (Wildman–Crippen LogP) is 2.54. The zero-order valence-corrected chi connectivity index (χ0v) is 23.3. The van der Waals surface area contributed by atoms with Crippen LogP contribution < -0.4 is 15.4 Å². The fourth-order valence-corrected chi connectivity index (χ4v) is 3.87. The van der Waals surface area contributed by atoms with Gasteiger partial charge in [0, 0.05) is 35.8 Å². The number of anilines is 1. The normalized spacial score (nSPS) is 14.2. The minimum Gasteiger partial charge on any atom is -0.508 e. The fourth-order valence-electron chi connectivity index (χ4n) is 3.87. The summed E-state index contributed by atoms with van der Waals surface area (Å²) in [5.41, 5.74) is 2.65. The minimum atomic E-state index is -1.23. The summed E-state index contributed by atoms with van der Waals surface area (Å²) in [6, 6.07) is 11.0. The molecular formula is C28H37N5O7. The number of nitrogens with zero attached hydrogens (tertiary/aromatic N) is 3. The third-order valence-electron chi connectivity index (χ3n) is 6.33. The largest absolute Gasteiger partial charge is 0.508 e. The maximum absolute atomic E-state index is 11.6. The number of aromatic hydroxyl groups is 1. The number of hydrogen-bond acceptors (Lipinski definition) is 9. The van der Waals surface area contributed by atoms with E-state index in [1.54, 1.807) is 0 Å². The summed E-state index contributed by atoms with van der Waals surface area (Å²) < 4.78 is 7.41. The molecule has 0 aliphatic carbocycles. The lowest BCUT2D eigenvalue weighted by Crippen LogP contribution is -2.42. The van der Waals surface area contributed by atoms with Crippen LogP contribution >= 0.6 is 0 Å². The van der Waals surface area contributed by atoms with Crippen molar-refractivity contribution in [1.82, 2.24) is 20.1 Å². The van der Waals surface area contributed by atoms with Gasteiger partial charge in [-0.25, -0.2) is 14.5 Å². The number of aryl methyl sites for hydroxylation is 3. The molecule has 0 spiro atoms. The number of ether oxygens (including phenoxy) is 1. The van der Waals surface area contributed by atoms with Gasteiger partial charge < -0.3 is 35.8 Å². The number of aliphatic hydroxyl groups excluding tert-OH is 2. The van der Waals surface area contributed by atoms with E-state index in [9.17, 15) is 19.8 Å². The molecule has 40 heavy (non-hydrogen) atoms. The van der Waals surface area contributed by atoms with Gasteiger partial charge >= 0.3 is 5.97 Å². The summed E-state index contributed by atoms with van der Waals surface area (Å²) in [5.74, 6) is 0.397. The second kappa shape index (κ2) is 12.9. The Kier molecular flexibility index (Phi) is 9.85. The van der Waals surface area contributed by atoms with Crippen LogP contribution in [-0.2, 0) is 16.1 Å². The number of amides is 1. The summed E-state index contributed by atoms with van der Waals surface area (Å²) >= 11 is 0. The monoisotopic (exact) mass is 555 g/mol. The molecule has 6 N–H and O–H groups in total. The molecule has 0 fully saturated rings. The Labute approximate surface area is 232 Å². The van der Waals surface area contributed by atoms with Gasteiger partial charge in [0.1, 0.15) is 23.4 Å². The number of benzene rings is 2. The minimum absolute atomic E-state index is 0.0519. The number of aliphatic carboxylic acids is 1. The Hall–Kier alpha value is -4.00. The van der Waals surface area contributed by atoms with Crippen molar-refractivity contribution in [2.24, 2.45) is 0 Å². The van der Waals surface area contributed by atoms with Crippen molar-refractivity contribution in [3.05, 3.63) is 53.3 Å². The molecule has 12 nitrogen and oxygen atoms in total. The molecule has 12 heteroatoms. The van der Waals surface area contributed by atoms with Crippen LogP contribution in [0, 0.1) is 13.8 Å². The van der Waals surface area contributed by atoms with Gasteiger partial charge in [0.15, 0.2) is 12.4 Å². The van der Waals surface area contributed by atoms with E-state index in [4.69, 9.17) is 14.9 Å². The maximum atomic E-state index is 11.6. The van der Waals surface area contributed by atoms with Crippen molar-refractivity contribution < 1.29 is 34.8 Å². The zero-order chi connectivity index (χ0) is 29.6. The molecule has 216 valence electrons. The molecule has 2 aromatic carbocycles. The molecule has 0 radical (unpaired) electrons. The summed E-state index contributed by atoms with van der Waals surface area (Å²) in [7, 11) is 0. The third kappa shape index (κ3) is 8.25. The van der Waals surface area contributed by atoms with Crippen molar-refractivity contribution >= 4 is 17.6 Å². The average molecular weight is 556 g/mol. The number of aliphatic hydroxyl groups is 2. The number of phenols is 1. The highest BCUT2D eigenvalue weighted by Crippen LogP contribution is 2.38. The number of nitrogens with one attached hydrogen (secondary N) is 2. The number of β-amino-alcohol motifs (C(OH)–C–C–N with tert-alkyl or cyclic N) is 1. The molecular weight excluding hydrogens is 518 g/mol. The van der Waals surface area contributed by atoms with Crippen molar-refractivity contribution in [2.75, 3.05) is 18.5 Å². The number of rotatable bonds is 9. The zero-order valence-electron chi connectivity index (χ0n) is 23.3. The molecule has 1 aliphatic rings. The molecule has 0 bridgehead atoms. The van der Waals surface area contributed by atoms with Crippen LogP contribution in [0.5, 0.6) is 11.5 Å². The standard InChI is InChI=1S/C25H31N5O4.C3H6O3/c1-15-5-7-17(8-6-15)24-27-16(2)30(29-24)10-9-25(3,4)26-13-21(32)19-11-18(31)12-20-23(19)34-14-22(33)28-20;1-2(4)3(5)6/h5-8,11-12,21,26,31-32H,9-10,13-14H2,1-4H3,(H,28,33);2,4H,1H3,(H,5,6)/t;2-/m.0/s1. The number of aromatic nitrogens is 3. The Morgan fingerprint density at radius 3 is 2.48 bits per heavy atom. The lowest BCUT2D eigenvalue weighted by Gasteiger charge is -2.29. The number of carbonyl (C=O) groups excluding carboxylic acids is 1. The second-order valence-electron chi connectivity index (χ2n) is 10.4. The Morgan fingerprint density at radius 1 is 1.20 bits per heavy atom. The highest BCUT2D eigenvalue weighted by atomic mass is 16.5. The van der Waals surface area contributed by atoms with Crippen LogP contribution in [0.15, 0.2) is 36.4 Å². The molecule has 2 heterocycles. The van der Waals surface area contributed by atoms with Gasteiger partial charge in [-0.1, -0.05) is 29.8 Å². The van der Waals surface area contributed by atoms with Gasteiger partial charge in [0.2, 0.25) is 0 Å². The van der Waals surface area contributed by atoms with Gasteiger partial charge in [-0.3, -0.25) is 4.79 Å². The number of hydrogen-bond donors (Lipinski definition) is 6. The van der Waals surface area contributed by atoms with E-state index < -0.39 is 18.2 Å². The second-order valence-corrected chi connectivity index (χ2v) is 10.4. The average Bonchev–Trinajstić information content (AvgIpc) is 3.26. The third-order valence-corrected chi connectivity index (χ3v) is 6.33. The van der Waals surface area contributed by atoms with E-state index in [2.05, 4.69) is 34.6 Å². The highest BCUT2D eigenvalue weighted by Gasteiger charge is 2.26. The SMILES string of the molecule is C[C@H](O)C(=O)O.Cc1ccc(-c2nc(C)n(CCC(C)(C)NCC(O)c3cc(O)cc4c3OCC(=O)N4)n2)cc1. The first kappa shape index (κ1) is 30.5. The van der Waals surface area contributed by atoms with Crippen LogP contribution in [0.3, 0.4) is 0 Å². The number of carboxylic acid groups (broad SMARTS) is 1. The lowest BCUT2D eigenvalue weighted by atomic mass is 9.99. The molecule has 0 saturated carbocycles. The van der Waals surface area contributed by atoms with Gasteiger partial charge in [-0.15, -0.1) is 0 Å². The first-order chi connectivity index (χ1) is 18.8. The van der Waals surface area contributed by atoms with E-state index >= 15 is 0 Å². The summed E-state index contributed by atoms with van der Waals surface area (Å²) in [6.45, 7) is 10.1. The van der Waals surface area contributed by atoms with Crippen molar-refractivity contribution in [1.29, 1.82) is 0 Å². The highest BCUT2D eigenvalue weighted by molar-refractivity contribution is 5.96. The topological polar surface area (TPSA) is 179 Å². The van der Waals surface area contributed by atoms with Crippen LogP contribution in [0.4, 0.5) is 5.69 Å². The first-order valence-electron chi connectivity index (χ1n) is 12.9. The van der Waals surface area contributed by atoms with E-state index in [1.165, 1.54) is 24.6 Å². The Balaban J connectivity index is 0.000000663. The Bertz CT molecular complexity index is 1340.